The van der Waals surface area contributed by atoms with Gasteiger partial charge in [0, 0.05) is 44.9 Å². The first-order chi connectivity index (χ1) is 15.8. The molecule has 1 aromatic carbocycles. The molecule has 0 bridgehead atoms. The molecular weight excluding hydrogens is 420 g/mol. The molecule has 3 aliphatic rings. The van der Waals surface area contributed by atoms with Crippen LogP contribution >= 0.6 is 0 Å². The lowest BCUT2D eigenvalue weighted by Crippen LogP contribution is -2.69. The predicted molar refractivity (Wildman–Crippen MR) is 123 cm³/mol. The topological polar surface area (TPSA) is 99.6 Å². The van der Waals surface area contributed by atoms with Gasteiger partial charge in [-0.1, -0.05) is 18.2 Å². The number of amides is 4. The Morgan fingerprint density at radius 2 is 1.97 bits per heavy atom. The van der Waals surface area contributed by atoms with Crippen LogP contribution < -0.4 is 10.6 Å². The minimum atomic E-state index is -0.459. The summed E-state index contributed by atoms with van der Waals surface area (Å²) in [6, 6.07) is 7.19. The van der Waals surface area contributed by atoms with E-state index in [0.717, 1.165) is 47.8 Å². The lowest BCUT2D eigenvalue weighted by atomic mass is 9.80. The molecule has 9 nitrogen and oxygen atoms in total. The molecule has 174 valence electrons. The summed E-state index contributed by atoms with van der Waals surface area (Å²) in [5.41, 5.74) is 2.47. The highest BCUT2D eigenvalue weighted by Gasteiger charge is 2.49. The number of fused-ring (bicyclic) bond motifs is 2. The van der Waals surface area contributed by atoms with Crippen molar-refractivity contribution >= 4 is 23.5 Å². The zero-order valence-corrected chi connectivity index (χ0v) is 19.2. The number of rotatable bonds is 3. The molecule has 4 unspecified atom stereocenters. The van der Waals surface area contributed by atoms with E-state index >= 15 is 0 Å². The molecule has 3 aliphatic heterocycles. The summed E-state index contributed by atoms with van der Waals surface area (Å²) in [4.78, 5) is 46.0. The monoisotopic (exact) mass is 450 g/mol. The van der Waals surface area contributed by atoms with E-state index < -0.39 is 18.0 Å². The number of para-hydroxylation sites is 1. The molecule has 4 heterocycles. The third-order valence-corrected chi connectivity index (χ3v) is 7.29. The van der Waals surface area contributed by atoms with Crippen molar-refractivity contribution in [3.8, 4) is 11.3 Å². The maximum Gasteiger partial charge on any atom is 0.327 e. The molecule has 0 radical (unpaired) electrons. The second-order valence-corrected chi connectivity index (χ2v) is 9.37. The first kappa shape index (κ1) is 21.6. The van der Waals surface area contributed by atoms with Crippen LogP contribution in [-0.4, -0.2) is 63.5 Å². The fraction of sp³-hybridized carbons (Fsp3) is 0.500. The fourth-order valence-electron chi connectivity index (χ4n) is 5.34. The van der Waals surface area contributed by atoms with E-state index in [4.69, 9.17) is 4.98 Å². The second kappa shape index (κ2) is 8.30. The van der Waals surface area contributed by atoms with Gasteiger partial charge in [-0.2, -0.15) is 0 Å². The van der Waals surface area contributed by atoms with Gasteiger partial charge in [-0.25, -0.2) is 9.78 Å². The average Bonchev–Trinajstić information content (AvgIpc) is 3.25. The third kappa shape index (κ3) is 3.70. The number of aromatic nitrogens is 2. The standard InChI is InChI=1S/C24H30N6O3/c1-14-16(12-17-21(25-14)28(2)24(33)29(3)23(17)32)22(31)27-18-9-5-4-8-15(18)19-13-30-11-7-6-10-20(30)26-19/h4-5,8-9,13-14,16-17,21,25H,6-7,10-12H2,1-3H3,(H,27,31). The van der Waals surface area contributed by atoms with Crippen molar-refractivity contribution in [1.82, 2.24) is 24.7 Å². The normalized spacial score (nSPS) is 27.2. The summed E-state index contributed by atoms with van der Waals surface area (Å²) in [5, 5.41) is 6.42. The molecule has 0 spiro atoms. The van der Waals surface area contributed by atoms with Crippen LogP contribution in [0.2, 0.25) is 0 Å². The first-order valence-electron chi connectivity index (χ1n) is 11.6. The number of nitrogens with one attached hydrogen (secondary N) is 2. The number of anilines is 1. The van der Waals surface area contributed by atoms with Crippen LogP contribution in [0.1, 0.15) is 32.0 Å². The SMILES string of the molecule is CC1NC2C(CC1C(=O)Nc1ccccc1-c1cn3c(n1)CCCC3)C(=O)N(C)C(=O)N2C. The van der Waals surface area contributed by atoms with Crippen molar-refractivity contribution in [2.45, 2.75) is 51.4 Å². The van der Waals surface area contributed by atoms with Gasteiger partial charge in [-0.3, -0.25) is 19.8 Å². The molecule has 2 fully saturated rings. The molecule has 1 aromatic heterocycles. The van der Waals surface area contributed by atoms with Gasteiger partial charge in [0.15, 0.2) is 0 Å². The predicted octanol–water partition coefficient (Wildman–Crippen LogP) is 2.29. The van der Waals surface area contributed by atoms with E-state index in [2.05, 4.69) is 21.4 Å². The van der Waals surface area contributed by atoms with Crippen LogP contribution in [0.4, 0.5) is 10.5 Å². The third-order valence-electron chi connectivity index (χ3n) is 7.29. The molecule has 2 saturated heterocycles. The van der Waals surface area contributed by atoms with Gasteiger partial charge in [-0.15, -0.1) is 0 Å². The highest BCUT2D eigenvalue weighted by Crippen LogP contribution is 2.34. The summed E-state index contributed by atoms with van der Waals surface area (Å²) in [5.74, 6) is -0.162. The number of nitrogens with zero attached hydrogens (tertiary/aromatic N) is 4. The number of aryl methyl sites for hydroxylation is 2. The van der Waals surface area contributed by atoms with E-state index in [0.29, 0.717) is 12.1 Å². The van der Waals surface area contributed by atoms with Crippen molar-refractivity contribution in [2.24, 2.45) is 11.8 Å². The van der Waals surface area contributed by atoms with E-state index in [1.807, 2.05) is 31.2 Å². The van der Waals surface area contributed by atoms with Crippen LogP contribution in [0.15, 0.2) is 30.5 Å². The average molecular weight is 451 g/mol. The fourth-order valence-corrected chi connectivity index (χ4v) is 5.34. The minimum Gasteiger partial charge on any atom is -0.334 e. The molecule has 0 saturated carbocycles. The van der Waals surface area contributed by atoms with Gasteiger partial charge in [0.05, 0.1) is 29.4 Å². The number of carbonyl (C=O) groups excluding carboxylic acids is 3. The van der Waals surface area contributed by atoms with Crippen LogP contribution in [0.3, 0.4) is 0 Å². The summed E-state index contributed by atoms with van der Waals surface area (Å²) in [6.07, 6.45) is 5.33. The summed E-state index contributed by atoms with van der Waals surface area (Å²) >= 11 is 0. The number of piperidine rings is 1. The molecule has 4 atom stereocenters. The number of hydrogen-bond acceptors (Lipinski definition) is 5. The molecule has 2 N–H and O–H groups in total. The largest absolute Gasteiger partial charge is 0.334 e. The van der Waals surface area contributed by atoms with Gasteiger partial charge >= 0.3 is 6.03 Å². The lowest BCUT2D eigenvalue weighted by Gasteiger charge is -2.48. The van der Waals surface area contributed by atoms with Crippen LogP contribution in [-0.2, 0) is 22.6 Å². The quantitative estimate of drug-likeness (QED) is 0.748. The maximum atomic E-state index is 13.4. The number of imide groups is 1. The Labute approximate surface area is 193 Å². The maximum absolute atomic E-state index is 13.4. The molecule has 5 rings (SSSR count). The summed E-state index contributed by atoms with van der Waals surface area (Å²) in [7, 11) is 3.18. The number of hydrogen-bond donors (Lipinski definition) is 2. The Kier molecular flexibility index (Phi) is 5.44. The number of urea groups is 1. The molecular formula is C24H30N6O3. The van der Waals surface area contributed by atoms with Gasteiger partial charge in [0.25, 0.3) is 0 Å². The van der Waals surface area contributed by atoms with Crippen molar-refractivity contribution in [2.75, 3.05) is 19.4 Å². The van der Waals surface area contributed by atoms with Crippen LogP contribution in [0, 0.1) is 11.8 Å². The molecule has 9 heteroatoms. The van der Waals surface area contributed by atoms with Crippen molar-refractivity contribution in [1.29, 1.82) is 0 Å². The highest BCUT2D eigenvalue weighted by molar-refractivity contribution is 6.00. The number of carbonyl (C=O) groups is 3. The minimum absolute atomic E-state index is 0.139. The zero-order chi connectivity index (χ0) is 23.3. The lowest BCUT2D eigenvalue weighted by molar-refractivity contribution is -0.142. The number of imidazole rings is 1. The van der Waals surface area contributed by atoms with E-state index in [-0.39, 0.29) is 23.9 Å². The van der Waals surface area contributed by atoms with Crippen molar-refractivity contribution in [3.05, 3.63) is 36.3 Å². The smallest absolute Gasteiger partial charge is 0.327 e. The highest BCUT2D eigenvalue weighted by atomic mass is 16.2. The van der Waals surface area contributed by atoms with E-state index in [1.54, 1.807) is 11.9 Å². The Hall–Kier alpha value is -3.20. The Morgan fingerprint density at radius 3 is 2.76 bits per heavy atom. The summed E-state index contributed by atoms with van der Waals surface area (Å²) in [6.45, 7) is 2.90. The van der Waals surface area contributed by atoms with Crippen LogP contribution in [0.25, 0.3) is 11.3 Å². The molecule has 2 aromatic rings. The first-order valence-corrected chi connectivity index (χ1v) is 11.6. The van der Waals surface area contributed by atoms with Gasteiger partial charge < -0.3 is 14.8 Å². The van der Waals surface area contributed by atoms with Gasteiger partial charge in [0.1, 0.15) is 5.82 Å². The second-order valence-electron chi connectivity index (χ2n) is 9.37. The molecule has 4 amide bonds. The van der Waals surface area contributed by atoms with Gasteiger partial charge in [-0.05, 0) is 32.3 Å². The molecule has 0 aliphatic carbocycles. The number of benzene rings is 1. The van der Waals surface area contributed by atoms with Crippen LogP contribution in [0.5, 0.6) is 0 Å². The molecule has 33 heavy (non-hydrogen) atoms. The van der Waals surface area contributed by atoms with Crippen molar-refractivity contribution < 1.29 is 14.4 Å². The Bertz CT molecular complexity index is 1090. The van der Waals surface area contributed by atoms with Crippen molar-refractivity contribution in [3.63, 3.8) is 0 Å². The van der Waals surface area contributed by atoms with Gasteiger partial charge in [0.2, 0.25) is 11.8 Å². The van der Waals surface area contributed by atoms with E-state index in [1.165, 1.54) is 7.05 Å². The van der Waals surface area contributed by atoms with E-state index in [9.17, 15) is 14.4 Å². The summed E-state index contributed by atoms with van der Waals surface area (Å²) < 4.78 is 2.20. The Morgan fingerprint density at radius 1 is 1.18 bits per heavy atom. The Balaban J connectivity index is 1.37. The zero-order valence-electron chi connectivity index (χ0n) is 19.2.